The Balaban J connectivity index is 2.21. The van der Waals surface area contributed by atoms with Crippen LogP contribution < -0.4 is 4.74 Å². The van der Waals surface area contributed by atoms with E-state index in [9.17, 15) is 18.0 Å². The van der Waals surface area contributed by atoms with Gasteiger partial charge in [-0.25, -0.2) is 4.79 Å². The number of benzene rings is 2. The van der Waals surface area contributed by atoms with Crippen LogP contribution in [-0.2, 0) is 25.8 Å². The Morgan fingerprint density at radius 1 is 1.06 bits per heavy atom. The Morgan fingerprint density at radius 2 is 1.79 bits per heavy atom. The van der Waals surface area contributed by atoms with E-state index in [4.69, 9.17) is 14.4 Å². The topological polar surface area (TPSA) is 78.7 Å². The Bertz CT molecular complexity index is 1120. The molecule has 10 heteroatoms. The zero-order valence-corrected chi connectivity index (χ0v) is 18.3. The fourth-order valence-corrected chi connectivity index (χ4v) is 2.66. The molecule has 0 spiro atoms. The van der Waals surface area contributed by atoms with Crippen LogP contribution in [0.1, 0.15) is 29.2 Å². The second-order valence-electron chi connectivity index (χ2n) is 6.46. The van der Waals surface area contributed by atoms with Crippen molar-refractivity contribution in [3.63, 3.8) is 0 Å². The van der Waals surface area contributed by atoms with E-state index in [0.29, 0.717) is 11.1 Å². The van der Waals surface area contributed by atoms with Crippen molar-refractivity contribution in [2.45, 2.75) is 26.8 Å². The number of ether oxygens (including phenoxy) is 2. The van der Waals surface area contributed by atoms with E-state index in [1.54, 1.807) is 12.1 Å². The zero-order chi connectivity index (χ0) is 24.4. The van der Waals surface area contributed by atoms with Gasteiger partial charge in [0.05, 0.1) is 12.7 Å². The maximum atomic E-state index is 12.5. The van der Waals surface area contributed by atoms with Crippen LogP contribution in [0.3, 0.4) is 0 Å². The van der Waals surface area contributed by atoms with Gasteiger partial charge in [-0.05, 0) is 37.5 Å². The predicted molar refractivity (Wildman–Crippen MR) is 115 cm³/mol. The van der Waals surface area contributed by atoms with Crippen LogP contribution in [0.5, 0.6) is 5.75 Å². The third kappa shape index (κ3) is 7.57. The molecule has 0 aliphatic carbocycles. The van der Waals surface area contributed by atoms with E-state index in [2.05, 4.69) is 26.9 Å². The first-order valence-corrected chi connectivity index (χ1v) is 9.48. The zero-order valence-electron chi connectivity index (χ0n) is 18.3. The van der Waals surface area contributed by atoms with Crippen molar-refractivity contribution in [3.8, 4) is 17.6 Å². The summed E-state index contributed by atoms with van der Waals surface area (Å²) in [4.78, 5) is 22.2. The first-order valence-electron chi connectivity index (χ1n) is 9.48. The minimum absolute atomic E-state index is 0.0332. The lowest BCUT2D eigenvalue weighted by Crippen LogP contribution is -2.20. The third-order valence-corrected chi connectivity index (χ3v) is 4.13. The summed E-state index contributed by atoms with van der Waals surface area (Å²) >= 11 is 0. The highest BCUT2D eigenvalue weighted by atomic mass is 19.4. The van der Waals surface area contributed by atoms with Gasteiger partial charge >= 0.3 is 12.3 Å². The summed E-state index contributed by atoms with van der Waals surface area (Å²) in [5, 5.41) is 7.63. The number of methoxy groups -OCH3 is 1. The molecule has 0 saturated carbocycles. The molecule has 0 aliphatic rings. The largest absolute Gasteiger partial charge is 0.573 e. The molecule has 7 nitrogen and oxygen atoms in total. The standard InChI is InChI=1S/C23H21F3N2O5/c1-15-8-7-10-18(21(28-31-4)22(29)30-3)19(15)14-32-27-16(2)12-13-17-9-5-6-11-20(17)33-23(24,25)26/h5-11H,14H2,1-4H3/b27-16+,28-21+. The molecule has 2 aromatic carbocycles. The molecular formula is C23H21F3N2O5. The first-order chi connectivity index (χ1) is 15.7. The summed E-state index contributed by atoms with van der Waals surface area (Å²) in [6.45, 7) is 3.32. The maximum absolute atomic E-state index is 12.5. The van der Waals surface area contributed by atoms with Crippen molar-refractivity contribution in [3.05, 3.63) is 64.7 Å². The number of oxime groups is 2. The summed E-state index contributed by atoms with van der Waals surface area (Å²) < 4.78 is 46.3. The molecule has 0 heterocycles. The summed E-state index contributed by atoms with van der Waals surface area (Å²) in [5.41, 5.74) is 2.09. The van der Waals surface area contributed by atoms with Gasteiger partial charge in [0.15, 0.2) is 5.71 Å². The van der Waals surface area contributed by atoms with Gasteiger partial charge in [0.1, 0.15) is 25.2 Å². The minimum Gasteiger partial charge on any atom is -0.464 e. The van der Waals surface area contributed by atoms with Crippen LogP contribution in [0.2, 0.25) is 0 Å². The molecule has 0 bridgehead atoms. The van der Waals surface area contributed by atoms with E-state index in [0.717, 1.165) is 5.56 Å². The molecule has 0 fully saturated rings. The molecule has 0 amide bonds. The fourth-order valence-electron chi connectivity index (χ4n) is 2.66. The predicted octanol–water partition coefficient (Wildman–Crippen LogP) is 4.36. The second-order valence-corrected chi connectivity index (χ2v) is 6.46. The number of alkyl halides is 3. The van der Waals surface area contributed by atoms with Crippen molar-refractivity contribution < 1.29 is 37.1 Å². The smallest absolute Gasteiger partial charge is 0.464 e. The molecule has 174 valence electrons. The van der Waals surface area contributed by atoms with Crippen LogP contribution in [0.25, 0.3) is 0 Å². The highest BCUT2D eigenvalue weighted by molar-refractivity contribution is 6.43. The van der Waals surface area contributed by atoms with Crippen LogP contribution in [0.15, 0.2) is 52.8 Å². The van der Waals surface area contributed by atoms with E-state index >= 15 is 0 Å². The van der Waals surface area contributed by atoms with Gasteiger partial charge in [-0.15, -0.1) is 13.2 Å². The van der Waals surface area contributed by atoms with Gasteiger partial charge in [0, 0.05) is 11.1 Å². The molecule has 2 aromatic rings. The Kier molecular flexibility index (Phi) is 8.86. The van der Waals surface area contributed by atoms with Crippen LogP contribution >= 0.6 is 0 Å². The first kappa shape index (κ1) is 25.3. The second kappa shape index (κ2) is 11.6. The maximum Gasteiger partial charge on any atom is 0.573 e. The molecule has 0 saturated heterocycles. The third-order valence-electron chi connectivity index (χ3n) is 4.13. The number of carbonyl (C=O) groups is 1. The van der Waals surface area contributed by atoms with Gasteiger partial charge < -0.3 is 19.1 Å². The van der Waals surface area contributed by atoms with Gasteiger partial charge in [0.2, 0.25) is 0 Å². The highest BCUT2D eigenvalue weighted by Gasteiger charge is 2.31. The van der Waals surface area contributed by atoms with Crippen LogP contribution in [0.4, 0.5) is 13.2 Å². The summed E-state index contributed by atoms with van der Waals surface area (Å²) in [6, 6.07) is 10.7. The van der Waals surface area contributed by atoms with Crippen molar-refractivity contribution in [2.24, 2.45) is 10.3 Å². The Hall–Kier alpha value is -4.00. The number of para-hydroxylation sites is 1. The molecule has 0 atom stereocenters. The normalized spacial score (nSPS) is 11.8. The van der Waals surface area contributed by atoms with Gasteiger partial charge in [-0.1, -0.05) is 46.6 Å². The van der Waals surface area contributed by atoms with E-state index < -0.39 is 18.1 Å². The molecule has 0 aliphatic heterocycles. The van der Waals surface area contributed by atoms with Gasteiger partial charge in [-0.3, -0.25) is 0 Å². The van der Waals surface area contributed by atoms with Crippen molar-refractivity contribution >= 4 is 17.4 Å². The Morgan fingerprint density at radius 3 is 2.45 bits per heavy atom. The fraction of sp³-hybridized carbons (Fsp3) is 0.261. The van der Waals surface area contributed by atoms with Gasteiger partial charge in [-0.2, -0.15) is 0 Å². The van der Waals surface area contributed by atoms with E-state index in [1.807, 2.05) is 13.0 Å². The molecule has 0 radical (unpaired) electrons. The molecule has 33 heavy (non-hydrogen) atoms. The molecule has 0 aromatic heterocycles. The monoisotopic (exact) mass is 462 g/mol. The number of nitrogens with zero attached hydrogens (tertiary/aromatic N) is 2. The number of halogens is 3. The number of hydrogen-bond donors (Lipinski definition) is 0. The van der Waals surface area contributed by atoms with E-state index in [1.165, 1.54) is 45.4 Å². The quantitative estimate of drug-likeness (QED) is 0.264. The Labute approximate surface area is 188 Å². The SMILES string of the molecule is CO/N=C(/C(=O)OC)c1cccc(C)c1CO/N=C(\C)C#Cc1ccccc1OC(F)(F)F. The van der Waals surface area contributed by atoms with Crippen molar-refractivity contribution in [1.29, 1.82) is 0 Å². The highest BCUT2D eigenvalue weighted by Crippen LogP contribution is 2.25. The summed E-state index contributed by atoms with van der Waals surface area (Å²) in [6.07, 6.45) is -4.83. The number of carbonyl (C=O) groups excluding carboxylic acids is 1. The van der Waals surface area contributed by atoms with Crippen molar-refractivity contribution in [1.82, 2.24) is 0 Å². The number of aryl methyl sites for hydroxylation is 1. The number of hydrogen-bond acceptors (Lipinski definition) is 7. The van der Waals surface area contributed by atoms with Crippen molar-refractivity contribution in [2.75, 3.05) is 14.2 Å². The van der Waals surface area contributed by atoms with Gasteiger partial charge in [0.25, 0.3) is 0 Å². The number of rotatable bonds is 7. The van der Waals surface area contributed by atoms with Crippen LogP contribution in [0, 0.1) is 18.8 Å². The lowest BCUT2D eigenvalue weighted by Gasteiger charge is -2.12. The minimum atomic E-state index is -4.83. The summed E-state index contributed by atoms with van der Waals surface area (Å²) in [7, 11) is 2.53. The average molecular weight is 462 g/mol. The lowest BCUT2D eigenvalue weighted by atomic mass is 9.99. The number of esters is 1. The lowest BCUT2D eigenvalue weighted by molar-refractivity contribution is -0.274. The van der Waals surface area contributed by atoms with E-state index in [-0.39, 0.29) is 23.6 Å². The van der Waals surface area contributed by atoms with Crippen LogP contribution in [-0.4, -0.2) is 38.0 Å². The molecule has 0 unspecified atom stereocenters. The molecule has 0 N–H and O–H groups in total. The molecular weight excluding hydrogens is 441 g/mol. The summed E-state index contributed by atoms with van der Waals surface area (Å²) in [5.74, 6) is 4.10. The molecule has 2 rings (SSSR count). The average Bonchev–Trinajstić information content (AvgIpc) is 2.76.